The maximum Gasteiger partial charge on any atom is 0.227 e. The van der Waals surface area contributed by atoms with Gasteiger partial charge in [-0.15, -0.1) is 21.9 Å². The molecule has 0 bridgehead atoms. The third-order valence-electron chi connectivity index (χ3n) is 10.4. The van der Waals surface area contributed by atoms with E-state index in [-0.39, 0.29) is 5.78 Å². The summed E-state index contributed by atoms with van der Waals surface area (Å²) in [4.78, 5) is 12.1. The highest BCUT2D eigenvalue weighted by molar-refractivity contribution is 7.20. The van der Waals surface area contributed by atoms with Gasteiger partial charge in [0.05, 0.1) is 0 Å². The van der Waals surface area contributed by atoms with Gasteiger partial charge in [-0.1, -0.05) is 56.5 Å². The molecular weight excluding hydrogens is 937 g/mol. The van der Waals surface area contributed by atoms with E-state index < -0.39 is 144 Å². The third kappa shape index (κ3) is 8.70. The number of benzene rings is 5. The third-order valence-corrected chi connectivity index (χ3v) is 10.4. The molecule has 0 unspecified atom stereocenters. The zero-order chi connectivity index (χ0) is 49.3. The first-order valence-electron chi connectivity index (χ1n) is 18.8. The van der Waals surface area contributed by atoms with Crippen molar-refractivity contribution in [3.8, 4) is 0 Å². The SMILES string of the molecule is CCCCCCc1cc[n+](CC(=O)c2ccccc2)cc1.Fc1c(F)c(F)c([B-](c2c(F)c(F)c(F)c(F)c2F)(c2c(F)c(F)c(F)c(F)c2F)c2c(F)c(F)c(F)c(F)c2F)c(F)c1F. The lowest BCUT2D eigenvalue weighted by Crippen LogP contribution is -2.81. The average molecular weight is 961 g/mol. The number of carbonyl (C=O) groups is 1. The molecule has 0 N–H and O–H groups in total. The summed E-state index contributed by atoms with van der Waals surface area (Å²) in [6.07, 6.45) is 3.08. The Hall–Kier alpha value is -6.42. The van der Waals surface area contributed by atoms with E-state index >= 15 is 35.1 Å². The van der Waals surface area contributed by atoms with Gasteiger partial charge in [-0.3, -0.25) is 4.79 Å². The minimum absolute atomic E-state index is 0.149. The van der Waals surface area contributed by atoms with E-state index in [1.54, 1.807) is 0 Å². The van der Waals surface area contributed by atoms with Crippen LogP contribution in [0.5, 0.6) is 0 Å². The van der Waals surface area contributed by atoms with Crippen molar-refractivity contribution in [1.29, 1.82) is 0 Å². The summed E-state index contributed by atoms with van der Waals surface area (Å²) < 4.78 is 296. The fourth-order valence-corrected chi connectivity index (χ4v) is 7.27. The Morgan fingerprint density at radius 3 is 0.970 bits per heavy atom. The molecule has 0 aliphatic carbocycles. The second-order valence-electron chi connectivity index (χ2n) is 14.3. The number of aryl methyl sites for hydroxylation is 1. The number of rotatable bonds is 12. The lowest BCUT2D eigenvalue weighted by atomic mass is 9.12. The molecule has 1 heterocycles. The predicted molar refractivity (Wildman–Crippen MR) is 194 cm³/mol. The largest absolute Gasteiger partial charge is 0.287 e. The summed E-state index contributed by atoms with van der Waals surface area (Å²) in [6, 6.07) is 13.7. The Morgan fingerprint density at radius 2 is 0.682 bits per heavy atom. The predicted octanol–water partition coefficient (Wildman–Crippen LogP) is 9.83. The second-order valence-corrected chi connectivity index (χ2v) is 14.3. The molecule has 0 radical (unpaired) electrons. The van der Waals surface area contributed by atoms with Crippen LogP contribution in [0.25, 0.3) is 0 Å². The Balaban J connectivity index is 0.000000324. The normalized spacial score (nSPS) is 11.5. The van der Waals surface area contributed by atoms with Crippen LogP contribution in [0.15, 0.2) is 54.9 Å². The van der Waals surface area contributed by atoms with Gasteiger partial charge in [0.25, 0.3) is 0 Å². The van der Waals surface area contributed by atoms with Gasteiger partial charge in [0.2, 0.25) is 12.3 Å². The molecule has 0 aliphatic heterocycles. The molecule has 0 atom stereocenters. The van der Waals surface area contributed by atoms with Gasteiger partial charge in [-0.05, 0) is 18.4 Å². The van der Waals surface area contributed by atoms with E-state index in [1.807, 2.05) is 47.3 Å². The molecule has 0 aliphatic rings. The zero-order valence-corrected chi connectivity index (χ0v) is 32.9. The fourth-order valence-electron chi connectivity index (χ4n) is 7.27. The Labute approximate surface area is 358 Å². The van der Waals surface area contributed by atoms with E-state index in [9.17, 15) is 57.5 Å². The lowest BCUT2D eigenvalue weighted by Gasteiger charge is -2.44. The Bertz CT molecular complexity index is 2460. The van der Waals surface area contributed by atoms with Gasteiger partial charge in [0.15, 0.2) is 82.2 Å². The van der Waals surface area contributed by atoms with E-state index in [2.05, 4.69) is 19.1 Å². The summed E-state index contributed by atoms with van der Waals surface area (Å²) in [5, 5.41) is 0. The van der Waals surface area contributed by atoms with Crippen LogP contribution in [0.1, 0.15) is 48.5 Å². The summed E-state index contributed by atoms with van der Waals surface area (Å²) in [5.41, 5.74) is -12.2. The zero-order valence-electron chi connectivity index (χ0n) is 32.9. The minimum atomic E-state index is -7.22. The van der Waals surface area contributed by atoms with Crippen molar-refractivity contribution in [2.75, 3.05) is 0 Å². The van der Waals surface area contributed by atoms with Gasteiger partial charge in [0, 0.05) is 17.7 Å². The molecule has 6 rings (SSSR count). The molecular formula is C43H24BF20NO. The standard InChI is InChI=1S/C24BF20.C19H24NO/c26-5-1(6(27)14(35)21(42)13(5)34)25(2-7(28)15(36)22(43)16(37)8(2)29,3-9(30)17(38)23(44)18(39)10(3)31)4-11(32)19(40)24(45)20(41)12(4)33;1-2-3-4-6-9-17-12-14-20(15-13-17)16-19(21)18-10-7-5-8-11-18/h;5,7-8,10-15H,2-4,6,9,16H2,1H3/q-1;+1. The first-order chi connectivity index (χ1) is 31.0. The van der Waals surface area contributed by atoms with E-state index in [0.717, 1.165) is 12.0 Å². The molecule has 0 spiro atoms. The minimum Gasteiger partial charge on any atom is -0.287 e. The van der Waals surface area contributed by atoms with E-state index in [0.29, 0.717) is 6.54 Å². The Kier molecular flexibility index (Phi) is 15.3. The topological polar surface area (TPSA) is 20.9 Å². The van der Waals surface area contributed by atoms with Crippen molar-refractivity contribution in [2.24, 2.45) is 0 Å². The van der Waals surface area contributed by atoms with Crippen LogP contribution >= 0.6 is 0 Å². The smallest absolute Gasteiger partial charge is 0.227 e. The van der Waals surface area contributed by atoms with Crippen molar-refractivity contribution in [3.05, 3.63) is 182 Å². The van der Waals surface area contributed by atoms with Crippen molar-refractivity contribution in [1.82, 2.24) is 0 Å². The summed E-state index contributed by atoms with van der Waals surface area (Å²) in [5.74, 6) is -71.3. The number of unbranched alkanes of at least 4 members (excludes halogenated alkanes) is 3. The van der Waals surface area contributed by atoms with Crippen molar-refractivity contribution in [3.63, 3.8) is 0 Å². The van der Waals surface area contributed by atoms with Gasteiger partial charge >= 0.3 is 0 Å². The highest BCUT2D eigenvalue weighted by Crippen LogP contribution is 2.31. The molecule has 0 fully saturated rings. The summed E-state index contributed by atoms with van der Waals surface area (Å²) in [7, 11) is 0. The number of aromatic nitrogens is 1. The molecule has 5 aromatic carbocycles. The highest BCUT2D eigenvalue weighted by atomic mass is 19.2. The number of pyridine rings is 1. The van der Waals surface area contributed by atoms with Crippen molar-refractivity contribution in [2.45, 2.75) is 45.6 Å². The molecule has 1 aromatic heterocycles. The van der Waals surface area contributed by atoms with Crippen LogP contribution < -0.4 is 26.4 Å². The number of Topliss-reactive ketones (excluding diaryl/α,β-unsaturated/α-hetero) is 1. The van der Waals surface area contributed by atoms with Crippen LogP contribution in [-0.4, -0.2) is 11.9 Å². The average Bonchev–Trinajstić information content (AvgIpc) is 3.31. The summed E-state index contributed by atoms with van der Waals surface area (Å²) >= 11 is 0. The van der Waals surface area contributed by atoms with Crippen LogP contribution in [-0.2, 0) is 13.0 Å². The number of hydrogen-bond acceptors (Lipinski definition) is 1. The van der Waals surface area contributed by atoms with Gasteiger partial charge in [-0.2, -0.15) is 4.57 Å². The lowest BCUT2D eigenvalue weighted by molar-refractivity contribution is -0.683. The number of hydrogen-bond donors (Lipinski definition) is 0. The highest BCUT2D eigenvalue weighted by Gasteiger charge is 2.52. The van der Waals surface area contributed by atoms with Crippen molar-refractivity contribution < 1.29 is 97.2 Å². The van der Waals surface area contributed by atoms with Crippen LogP contribution in [0, 0.1) is 116 Å². The van der Waals surface area contributed by atoms with Gasteiger partial charge < -0.3 is 0 Å². The number of halogens is 20. The monoisotopic (exact) mass is 961 g/mol. The summed E-state index contributed by atoms with van der Waals surface area (Å²) in [6.45, 7) is 2.63. The quantitative estimate of drug-likeness (QED) is 0.0228. The number of ketones is 1. The second kappa shape index (κ2) is 20.0. The Morgan fingerprint density at radius 1 is 0.394 bits per heavy atom. The number of nitrogens with zero attached hydrogens (tertiary/aromatic N) is 1. The molecule has 0 amide bonds. The van der Waals surface area contributed by atoms with E-state index in [1.165, 1.54) is 31.2 Å². The maximum absolute atomic E-state index is 15.4. The first kappa shape index (κ1) is 50.6. The molecule has 6 aromatic rings. The van der Waals surface area contributed by atoms with Gasteiger partial charge in [0.1, 0.15) is 52.7 Å². The molecule has 0 saturated heterocycles. The molecule has 23 heteroatoms. The van der Waals surface area contributed by atoms with Crippen LogP contribution in [0.4, 0.5) is 87.8 Å². The van der Waals surface area contributed by atoms with Crippen molar-refractivity contribution >= 4 is 33.8 Å². The molecule has 2 nitrogen and oxygen atoms in total. The van der Waals surface area contributed by atoms with E-state index in [4.69, 9.17) is 0 Å². The molecule has 350 valence electrons. The fraction of sp³-hybridized carbons (Fsp3) is 0.163. The molecule has 66 heavy (non-hydrogen) atoms. The van der Waals surface area contributed by atoms with Crippen LogP contribution in [0.2, 0.25) is 0 Å². The molecule has 0 saturated carbocycles. The van der Waals surface area contributed by atoms with Crippen LogP contribution in [0.3, 0.4) is 0 Å². The number of carbonyl (C=O) groups excluding carboxylic acids is 1. The first-order valence-corrected chi connectivity index (χ1v) is 18.8. The maximum atomic E-state index is 15.4. The van der Waals surface area contributed by atoms with Gasteiger partial charge in [-0.25, -0.2) is 87.8 Å².